The van der Waals surface area contributed by atoms with Crippen molar-refractivity contribution in [3.8, 4) is 11.3 Å². The van der Waals surface area contributed by atoms with Gasteiger partial charge in [0.2, 0.25) is 0 Å². The molecule has 0 bridgehead atoms. The first-order chi connectivity index (χ1) is 13.2. The summed E-state index contributed by atoms with van der Waals surface area (Å²) in [5.41, 5.74) is 3.81. The van der Waals surface area contributed by atoms with E-state index in [1.54, 1.807) is 22.9 Å². The van der Waals surface area contributed by atoms with Crippen molar-refractivity contribution in [1.29, 1.82) is 0 Å². The van der Waals surface area contributed by atoms with Crippen LogP contribution < -0.4 is 10.6 Å². The number of anilines is 1. The fourth-order valence-corrected chi connectivity index (χ4v) is 3.26. The Hall–Kier alpha value is -2.68. The van der Waals surface area contributed by atoms with E-state index >= 15 is 0 Å². The van der Waals surface area contributed by atoms with Gasteiger partial charge in [0.25, 0.3) is 5.91 Å². The zero-order valence-corrected chi connectivity index (χ0v) is 15.3. The molecular formula is C18H19ClN6O2. The van der Waals surface area contributed by atoms with Crippen molar-refractivity contribution in [2.75, 3.05) is 18.5 Å². The van der Waals surface area contributed by atoms with Crippen LogP contribution in [0.3, 0.4) is 0 Å². The van der Waals surface area contributed by atoms with E-state index in [4.69, 9.17) is 11.6 Å². The fraction of sp³-hybridized carbons (Fsp3) is 0.278. The number of benzene rings is 1. The predicted molar refractivity (Wildman–Crippen MR) is 102 cm³/mol. The van der Waals surface area contributed by atoms with Crippen molar-refractivity contribution >= 4 is 23.3 Å². The smallest absolute Gasteiger partial charge is 0.277 e. The van der Waals surface area contributed by atoms with E-state index in [9.17, 15) is 9.90 Å². The van der Waals surface area contributed by atoms with Crippen LogP contribution in [0.5, 0.6) is 0 Å². The number of carbonyl (C=O) groups excluding carboxylic acids is 1. The molecule has 8 nitrogen and oxygen atoms in total. The number of aromatic nitrogens is 4. The molecule has 1 aliphatic heterocycles. The van der Waals surface area contributed by atoms with Crippen LogP contribution in [0.15, 0.2) is 30.3 Å². The zero-order valence-electron chi connectivity index (χ0n) is 14.5. The topological polar surface area (TPSA) is 108 Å². The van der Waals surface area contributed by atoms with E-state index in [1.165, 1.54) is 0 Å². The molecule has 3 aromatic rings. The lowest BCUT2D eigenvalue weighted by molar-refractivity contribution is 0.102. The molecule has 0 radical (unpaired) electrons. The average molecular weight is 387 g/mol. The summed E-state index contributed by atoms with van der Waals surface area (Å²) in [4.78, 5) is 12.8. The van der Waals surface area contributed by atoms with Crippen molar-refractivity contribution < 1.29 is 9.90 Å². The molecule has 0 saturated carbocycles. The second-order valence-corrected chi connectivity index (χ2v) is 6.72. The van der Waals surface area contributed by atoms with E-state index < -0.39 is 0 Å². The molecule has 1 amide bonds. The highest BCUT2D eigenvalue weighted by Gasteiger charge is 2.23. The fourth-order valence-electron chi connectivity index (χ4n) is 3.13. The number of fused-ring (bicyclic) bond motifs is 1. The summed E-state index contributed by atoms with van der Waals surface area (Å²) in [6.45, 7) is 1.65. The third-order valence-electron chi connectivity index (χ3n) is 4.49. The van der Waals surface area contributed by atoms with Gasteiger partial charge in [-0.2, -0.15) is 10.2 Å². The monoisotopic (exact) mass is 386 g/mol. The third-order valence-corrected chi connectivity index (χ3v) is 4.75. The number of amides is 1. The van der Waals surface area contributed by atoms with Gasteiger partial charge in [-0.15, -0.1) is 0 Å². The standard InChI is InChI=1S/C18H19ClN6O2/c19-12-3-1-11(2-4-12)15-9-16(25(24-15)7-8-26)21-18(27)17-13-10-20-6-5-14(13)22-23-17/h1-4,9,20,26H,5-8,10H2,(H,21,27)(H,22,23). The molecule has 0 spiro atoms. The van der Waals surface area contributed by atoms with Crippen LogP contribution >= 0.6 is 11.6 Å². The number of aliphatic hydroxyl groups is 1. The van der Waals surface area contributed by atoms with Gasteiger partial charge in [-0.05, 0) is 12.1 Å². The Morgan fingerprint density at radius 3 is 2.93 bits per heavy atom. The van der Waals surface area contributed by atoms with Gasteiger partial charge >= 0.3 is 0 Å². The summed E-state index contributed by atoms with van der Waals surface area (Å²) in [5, 5.41) is 27.7. The highest BCUT2D eigenvalue weighted by Crippen LogP contribution is 2.24. The van der Waals surface area contributed by atoms with E-state index in [1.807, 2.05) is 12.1 Å². The maximum absolute atomic E-state index is 12.8. The van der Waals surface area contributed by atoms with Crippen LogP contribution in [0.25, 0.3) is 11.3 Å². The van der Waals surface area contributed by atoms with E-state index in [0.29, 0.717) is 28.8 Å². The Labute approximate surface area is 160 Å². The van der Waals surface area contributed by atoms with Gasteiger partial charge in [0.1, 0.15) is 5.82 Å². The number of aliphatic hydroxyl groups excluding tert-OH is 1. The van der Waals surface area contributed by atoms with E-state index in [-0.39, 0.29) is 19.1 Å². The summed E-state index contributed by atoms with van der Waals surface area (Å²) < 4.78 is 1.57. The highest BCUT2D eigenvalue weighted by atomic mass is 35.5. The molecule has 2 aromatic heterocycles. The van der Waals surface area contributed by atoms with Crippen LogP contribution in [-0.2, 0) is 19.5 Å². The van der Waals surface area contributed by atoms with E-state index in [0.717, 1.165) is 29.8 Å². The van der Waals surface area contributed by atoms with Crippen LogP contribution in [0.2, 0.25) is 5.02 Å². The molecule has 3 heterocycles. The molecule has 1 aromatic carbocycles. The van der Waals surface area contributed by atoms with Crippen molar-refractivity contribution in [3.63, 3.8) is 0 Å². The van der Waals surface area contributed by atoms with Crippen molar-refractivity contribution in [3.05, 3.63) is 52.3 Å². The number of rotatable bonds is 5. The van der Waals surface area contributed by atoms with Crippen LogP contribution in [-0.4, -0.2) is 44.1 Å². The molecule has 0 saturated heterocycles. The molecule has 4 N–H and O–H groups in total. The minimum absolute atomic E-state index is 0.0909. The Kier molecular flexibility index (Phi) is 4.93. The number of nitrogens with zero attached hydrogens (tertiary/aromatic N) is 3. The molecule has 0 unspecified atom stereocenters. The van der Waals surface area contributed by atoms with Gasteiger partial charge in [0.15, 0.2) is 5.69 Å². The number of aromatic amines is 1. The second-order valence-electron chi connectivity index (χ2n) is 6.28. The number of hydrogen-bond acceptors (Lipinski definition) is 5. The Morgan fingerprint density at radius 2 is 2.15 bits per heavy atom. The first kappa shape index (κ1) is 17.7. The quantitative estimate of drug-likeness (QED) is 0.535. The van der Waals surface area contributed by atoms with Gasteiger partial charge in [-0.3, -0.25) is 9.89 Å². The zero-order chi connectivity index (χ0) is 18.8. The van der Waals surface area contributed by atoms with Gasteiger partial charge in [0, 0.05) is 47.4 Å². The largest absolute Gasteiger partial charge is 0.394 e. The molecule has 27 heavy (non-hydrogen) atoms. The first-order valence-corrected chi connectivity index (χ1v) is 9.06. The summed E-state index contributed by atoms with van der Waals surface area (Å²) in [6.07, 6.45) is 0.818. The average Bonchev–Trinajstić information content (AvgIpc) is 3.27. The first-order valence-electron chi connectivity index (χ1n) is 8.68. The second kappa shape index (κ2) is 7.51. The maximum Gasteiger partial charge on any atom is 0.277 e. The summed E-state index contributed by atoms with van der Waals surface area (Å²) >= 11 is 5.94. The van der Waals surface area contributed by atoms with Gasteiger partial charge < -0.3 is 15.7 Å². The molecule has 0 fully saturated rings. The summed E-state index contributed by atoms with van der Waals surface area (Å²) in [6, 6.07) is 9.05. The SMILES string of the molecule is O=C(Nc1cc(-c2ccc(Cl)cc2)nn1CCO)c1n[nH]c2c1CNCC2. The Morgan fingerprint density at radius 1 is 1.33 bits per heavy atom. The number of halogens is 1. The number of H-pyrrole nitrogens is 1. The number of hydrogen-bond donors (Lipinski definition) is 4. The number of carbonyl (C=O) groups is 1. The van der Waals surface area contributed by atoms with Crippen LogP contribution in [0.1, 0.15) is 21.7 Å². The van der Waals surface area contributed by atoms with E-state index in [2.05, 4.69) is 25.9 Å². The molecule has 0 atom stereocenters. The Bertz CT molecular complexity index is 963. The molecular weight excluding hydrogens is 368 g/mol. The van der Waals surface area contributed by atoms with Crippen molar-refractivity contribution in [1.82, 2.24) is 25.3 Å². The summed E-state index contributed by atoms with van der Waals surface area (Å²) in [7, 11) is 0. The normalized spacial score (nSPS) is 13.4. The molecule has 0 aliphatic carbocycles. The minimum atomic E-state index is -0.307. The van der Waals surface area contributed by atoms with Gasteiger partial charge in [-0.1, -0.05) is 23.7 Å². The van der Waals surface area contributed by atoms with Gasteiger partial charge in [-0.25, -0.2) is 4.68 Å². The lowest BCUT2D eigenvalue weighted by Gasteiger charge is -2.13. The van der Waals surface area contributed by atoms with Crippen LogP contribution in [0, 0.1) is 0 Å². The third kappa shape index (κ3) is 3.59. The predicted octanol–water partition coefficient (Wildman–Crippen LogP) is 1.82. The molecule has 4 rings (SSSR count). The lowest BCUT2D eigenvalue weighted by Crippen LogP contribution is -2.25. The maximum atomic E-state index is 12.8. The Balaban J connectivity index is 1.61. The lowest BCUT2D eigenvalue weighted by atomic mass is 10.1. The van der Waals surface area contributed by atoms with Crippen molar-refractivity contribution in [2.24, 2.45) is 0 Å². The van der Waals surface area contributed by atoms with Crippen molar-refractivity contribution in [2.45, 2.75) is 19.5 Å². The summed E-state index contributed by atoms with van der Waals surface area (Å²) in [5.74, 6) is 0.192. The number of nitrogens with one attached hydrogen (secondary N) is 3. The van der Waals surface area contributed by atoms with Crippen LogP contribution in [0.4, 0.5) is 5.82 Å². The molecule has 1 aliphatic rings. The highest BCUT2D eigenvalue weighted by molar-refractivity contribution is 6.30. The molecule has 140 valence electrons. The molecule has 9 heteroatoms. The minimum Gasteiger partial charge on any atom is -0.394 e. The van der Waals surface area contributed by atoms with Gasteiger partial charge in [0.05, 0.1) is 18.8 Å².